The van der Waals surface area contributed by atoms with Crippen LogP contribution in [0.4, 0.5) is 4.79 Å². The van der Waals surface area contributed by atoms with Crippen molar-refractivity contribution in [2.45, 2.75) is 20.5 Å². The van der Waals surface area contributed by atoms with E-state index in [4.69, 9.17) is 9.47 Å². The van der Waals surface area contributed by atoms with Crippen molar-refractivity contribution in [3.8, 4) is 11.5 Å². The van der Waals surface area contributed by atoms with E-state index in [9.17, 15) is 9.59 Å². The number of nitrogens with zero attached hydrogens (tertiary/aromatic N) is 1. The van der Waals surface area contributed by atoms with Gasteiger partial charge in [0.05, 0.1) is 11.1 Å². The number of hydrogen-bond acceptors (Lipinski definition) is 4. The number of urea groups is 1. The monoisotopic (exact) mass is 494 g/mol. The molecular formula is C25H23BrN2O4. The fourth-order valence-corrected chi connectivity index (χ4v) is 4.24. The molecule has 0 unspecified atom stereocenters. The van der Waals surface area contributed by atoms with Gasteiger partial charge in [-0.15, -0.1) is 0 Å². The maximum absolute atomic E-state index is 12.4. The number of hydrogen-bond donors (Lipinski definition) is 1. The number of carbonyl (C=O) groups excluding carboxylic acids is 2. The Labute approximate surface area is 194 Å². The summed E-state index contributed by atoms with van der Waals surface area (Å²) in [6.07, 6.45) is 1.64. The number of ether oxygens (including phenoxy) is 2. The smallest absolute Gasteiger partial charge is 0.328 e. The van der Waals surface area contributed by atoms with E-state index in [0.717, 1.165) is 21.2 Å². The van der Waals surface area contributed by atoms with E-state index in [1.807, 2.05) is 37.3 Å². The summed E-state index contributed by atoms with van der Waals surface area (Å²) in [4.78, 5) is 25.5. The highest BCUT2D eigenvalue weighted by Crippen LogP contribution is 2.38. The Balaban J connectivity index is 1.63. The van der Waals surface area contributed by atoms with Gasteiger partial charge in [0.2, 0.25) is 0 Å². The molecule has 4 rings (SSSR count). The minimum atomic E-state index is -0.414. The van der Waals surface area contributed by atoms with Gasteiger partial charge in [-0.25, -0.2) is 4.79 Å². The van der Waals surface area contributed by atoms with Crippen LogP contribution in [-0.2, 0) is 11.4 Å². The lowest BCUT2D eigenvalue weighted by atomic mass is 10.1. The van der Waals surface area contributed by atoms with Crippen LogP contribution in [0.2, 0.25) is 0 Å². The van der Waals surface area contributed by atoms with Crippen molar-refractivity contribution >= 4 is 44.7 Å². The molecule has 1 aliphatic heterocycles. The van der Waals surface area contributed by atoms with Gasteiger partial charge in [0.25, 0.3) is 5.91 Å². The molecule has 1 fully saturated rings. The van der Waals surface area contributed by atoms with Crippen LogP contribution in [0.5, 0.6) is 11.5 Å². The van der Waals surface area contributed by atoms with E-state index >= 15 is 0 Å². The van der Waals surface area contributed by atoms with Gasteiger partial charge < -0.3 is 14.8 Å². The summed E-state index contributed by atoms with van der Waals surface area (Å²) < 4.78 is 12.7. The fourth-order valence-electron chi connectivity index (χ4n) is 3.67. The zero-order chi connectivity index (χ0) is 22.7. The number of fused-ring (bicyclic) bond motifs is 1. The summed E-state index contributed by atoms with van der Waals surface area (Å²) in [5, 5.41) is 4.91. The van der Waals surface area contributed by atoms with Gasteiger partial charge in [0.15, 0.2) is 11.5 Å². The predicted molar refractivity (Wildman–Crippen MR) is 127 cm³/mol. The lowest BCUT2D eigenvalue weighted by molar-refractivity contribution is -0.122. The number of rotatable bonds is 7. The zero-order valence-electron chi connectivity index (χ0n) is 17.9. The summed E-state index contributed by atoms with van der Waals surface area (Å²) >= 11 is 3.58. The average molecular weight is 495 g/mol. The molecular weight excluding hydrogens is 472 g/mol. The molecule has 0 spiro atoms. The Morgan fingerprint density at radius 3 is 2.56 bits per heavy atom. The largest absolute Gasteiger partial charge is 0.490 e. The topological polar surface area (TPSA) is 67.9 Å². The normalized spacial score (nSPS) is 14.8. The first-order valence-corrected chi connectivity index (χ1v) is 11.2. The van der Waals surface area contributed by atoms with Crippen molar-refractivity contribution in [3.05, 3.63) is 75.9 Å². The molecule has 0 aromatic heterocycles. The molecule has 0 bridgehead atoms. The van der Waals surface area contributed by atoms with E-state index < -0.39 is 6.03 Å². The molecule has 32 heavy (non-hydrogen) atoms. The van der Waals surface area contributed by atoms with Crippen LogP contribution in [0.25, 0.3) is 16.8 Å². The number of imide groups is 1. The first-order valence-electron chi connectivity index (χ1n) is 10.4. The van der Waals surface area contributed by atoms with Crippen molar-refractivity contribution in [2.75, 3.05) is 13.2 Å². The van der Waals surface area contributed by atoms with E-state index in [-0.39, 0.29) is 11.6 Å². The maximum Gasteiger partial charge on any atom is 0.328 e. The van der Waals surface area contributed by atoms with Crippen molar-refractivity contribution in [1.82, 2.24) is 10.2 Å². The Hall–Kier alpha value is -3.32. The lowest BCUT2D eigenvalue weighted by Crippen LogP contribution is -2.30. The number of carbonyl (C=O) groups is 2. The van der Waals surface area contributed by atoms with E-state index in [1.54, 1.807) is 19.1 Å². The highest BCUT2D eigenvalue weighted by molar-refractivity contribution is 9.10. The fraction of sp³-hybridized carbons (Fsp3) is 0.200. The van der Waals surface area contributed by atoms with Crippen molar-refractivity contribution < 1.29 is 19.1 Å². The molecule has 3 amide bonds. The lowest BCUT2D eigenvalue weighted by Gasteiger charge is -2.16. The van der Waals surface area contributed by atoms with Gasteiger partial charge in [-0.05, 0) is 69.9 Å². The quantitative estimate of drug-likeness (QED) is 0.348. The molecule has 1 heterocycles. The van der Waals surface area contributed by atoms with Gasteiger partial charge >= 0.3 is 6.03 Å². The summed E-state index contributed by atoms with van der Waals surface area (Å²) in [6.45, 7) is 4.80. The average Bonchev–Trinajstić information content (AvgIpc) is 3.05. The highest BCUT2D eigenvalue weighted by atomic mass is 79.9. The molecule has 6 nitrogen and oxygen atoms in total. The van der Waals surface area contributed by atoms with Crippen LogP contribution in [0, 0.1) is 0 Å². The second kappa shape index (κ2) is 9.44. The molecule has 1 saturated heterocycles. The summed E-state index contributed by atoms with van der Waals surface area (Å²) in [5.74, 6) is 0.792. The van der Waals surface area contributed by atoms with Crippen LogP contribution in [0.1, 0.15) is 25.0 Å². The molecule has 3 aromatic carbocycles. The number of likely N-dealkylation sites (N-methyl/N-ethyl adjacent to an activating group) is 1. The Morgan fingerprint density at radius 1 is 1.03 bits per heavy atom. The molecule has 0 radical (unpaired) electrons. The summed E-state index contributed by atoms with van der Waals surface area (Å²) in [6, 6.07) is 17.5. The third kappa shape index (κ3) is 4.34. The van der Waals surface area contributed by atoms with E-state index in [0.29, 0.717) is 41.3 Å². The standard InChI is InChI=1S/C25H23BrN2O4/c1-3-28-24(29)21(27-25(28)30)13-16-12-20(26)23(22(14-16)31-4-2)32-15-18-10-7-9-17-8-5-6-11-19(17)18/h5-14H,3-4,15H2,1-2H3,(H,27,30)/b21-13+. The molecule has 0 saturated carbocycles. The molecule has 1 N–H and O–H groups in total. The first kappa shape index (κ1) is 21.9. The molecule has 1 aliphatic rings. The molecule has 7 heteroatoms. The number of nitrogens with one attached hydrogen (secondary N) is 1. The van der Waals surface area contributed by atoms with Gasteiger partial charge in [0.1, 0.15) is 12.3 Å². The number of halogens is 1. The second-order valence-corrected chi connectivity index (χ2v) is 8.08. The molecule has 0 atom stereocenters. The van der Waals surface area contributed by atoms with Gasteiger partial charge in [-0.1, -0.05) is 42.5 Å². The summed E-state index contributed by atoms with van der Waals surface area (Å²) in [7, 11) is 0. The number of benzene rings is 3. The van der Waals surface area contributed by atoms with Crippen molar-refractivity contribution in [1.29, 1.82) is 0 Å². The zero-order valence-corrected chi connectivity index (χ0v) is 19.4. The Kier molecular flexibility index (Phi) is 6.46. The van der Waals surface area contributed by atoms with Crippen LogP contribution in [0.3, 0.4) is 0 Å². The minimum absolute atomic E-state index is 0.232. The first-order chi connectivity index (χ1) is 15.5. The van der Waals surface area contributed by atoms with Crippen LogP contribution >= 0.6 is 15.9 Å². The second-order valence-electron chi connectivity index (χ2n) is 7.23. The molecule has 0 aliphatic carbocycles. The van der Waals surface area contributed by atoms with Gasteiger partial charge in [-0.2, -0.15) is 0 Å². The van der Waals surface area contributed by atoms with E-state index in [1.165, 1.54) is 0 Å². The van der Waals surface area contributed by atoms with Crippen LogP contribution in [-0.4, -0.2) is 30.0 Å². The van der Waals surface area contributed by atoms with Gasteiger partial charge in [0, 0.05) is 6.54 Å². The predicted octanol–water partition coefficient (Wildman–Crippen LogP) is 5.49. The Bertz CT molecular complexity index is 1220. The molecule has 164 valence electrons. The van der Waals surface area contributed by atoms with Crippen molar-refractivity contribution in [3.63, 3.8) is 0 Å². The van der Waals surface area contributed by atoms with Crippen LogP contribution < -0.4 is 14.8 Å². The highest BCUT2D eigenvalue weighted by Gasteiger charge is 2.32. The van der Waals surface area contributed by atoms with E-state index in [2.05, 4.69) is 39.4 Å². The molecule has 3 aromatic rings. The summed E-state index contributed by atoms with van der Waals surface area (Å²) in [5.41, 5.74) is 2.01. The minimum Gasteiger partial charge on any atom is -0.490 e. The number of amides is 3. The third-order valence-electron chi connectivity index (χ3n) is 5.17. The van der Waals surface area contributed by atoms with Crippen molar-refractivity contribution in [2.24, 2.45) is 0 Å². The SMILES string of the molecule is CCOc1cc(/C=C2/NC(=O)N(CC)C2=O)cc(Br)c1OCc1cccc2ccccc12. The third-order valence-corrected chi connectivity index (χ3v) is 5.76. The van der Waals surface area contributed by atoms with Crippen LogP contribution in [0.15, 0.2) is 64.8 Å². The maximum atomic E-state index is 12.4. The van der Waals surface area contributed by atoms with Gasteiger partial charge in [-0.3, -0.25) is 9.69 Å². The Morgan fingerprint density at radius 2 is 1.81 bits per heavy atom.